The lowest BCUT2D eigenvalue weighted by molar-refractivity contribution is 0.0649. The Balaban J connectivity index is 0.00000132. The Morgan fingerprint density at radius 1 is 1.26 bits per heavy atom. The van der Waals surface area contributed by atoms with Crippen molar-refractivity contribution in [1.29, 1.82) is 0 Å². The molecule has 2 heterocycles. The van der Waals surface area contributed by atoms with Gasteiger partial charge in [0.05, 0.1) is 0 Å². The highest BCUT2D eigenvalue weighted by Crippen LogP contribution is 2.19. The zero-order chi connectivity index (χ0) is 14.8. The molecule has 1 aromatic carbocycles. The summed E-state index contributed by atoms with van der Waals surface area (Å²) in [6.07, 6.45) is 0. The van der Waals surface area contributed by atoms with Crippen LogP contribution in [-0.4, -0.2) is 46.5 Å². The molecule has 0 aliphatic carbocycles. The van der Waals surface area contributed by atoms with E-state index in [1.807, 2.05) is 42.2 Å². The van der Waals surface area contributed by atoms with Gasteiger partial charge in [-0.25, -0.2) is 4.98 Å². The molecule has 0 radical (unpaired) electrons. The van der Waals surface area contributed by atoms with Crippen LogP contribution in [0, 0.1) is 6.92 Å². The number of rotatable bonds is 2. The van der Waals surface area contributed by atoms with Crippen LogP contribution in [0.3, 0.4) is 0 Å². The van der Waals surface area contributed by atoms with Crippen molar-refractivity contribution in [1.82, 2.24) is 20.2 Å². The normalized spacial score (nSPS) is 17.1. The third kappa shape index (κ3) is 4.05. The first-order valence-electron chi connectivity index (χ1n) is 7.30. The summed E-state index contributed by atoms with van der Waals surface area (Å²) in [5.74, 6) is 0.763. The summed E-state index contributed by atoms with van der Waals surface area (Å²) in [4.78, 5) is 22.3. The van der Waals surface area contributed by atoms with Gasteiger partial charge in [-0.05, 0) is 13.8 Å². The number of carbonyl (C=O) groups is 1. The van der Waals surface area contributed by atoms with E-state index in [2.05, 4.69) is 22.2 Å². The highest BCUT2D eigenvalue weighted by molar-refractivity contribution is 5.94. The first-order valence-corrected chi connectivity index (χ1v) is 7.30. The maximum atomic E-state index is 12.7. The number of hydrogen-bond acceptors (Lipinski definition) is 3. The molecule has 1 aromatic heterocycles. The van der Waals surface area contributed by atoms with Crippen LogP contribution in [0.4, 0.5) is 0 Å². The fourth-order valence-corrected chi connectivity index (χ4v) is 2.68. The molecule has 1 aliphatic heterocycles. The van der Waals surface area contributed by atoms with Crippen LogP contribution in [0.15, 0.2) is 30.3 Å². The number of aromatic nitrogens is 2. The molecule has 23 heavy (non-hydrogen) atoms. The Labute approximate surface area is 148 Å². The van der Waals surface area contributed by atoms with E-state index in [4.69, 9.17) is 0 Å². The summed E-state index contributed by atoms with van der Waals surface area (Å²) in [7, 11) is 0. The summed E-state index contributed by atoms with van der Waals surface area (Å²) < 4.78 is 0. The second-order valence-electron chi connectivity index (χ2n) is 5.48. The number of aromatic amines is 1. The predicted octanol–water partition coefficient (Wildman–Crippen LogP) is 2.66. The van der Waals surface area contributed by atoms with E-state index in [-0.39, 0.29) is 36.8 Å². The van der Waals surface area contributed by atoms with Crippen LogP contribution in [0.5, 0.6) is 0 Å². The highest BCUT2D eigenvalue weighted by atomic mass is 35.5. The minimum atomic E-state index is 0. The second kappa shape index (κ2) is 8.34. The average Bonchev–Trinajstić information content (AvgIpc) is 2.90. The summed E-state index contributed by atoms with van der Waals surface area (Å²) in [6, 6.07) is 10.1. The van der Waals surface area contributed by atoms with Crippen LogP contribution in [0.2, 0.25) is 0 Å². The van der Waals surface area contributed by atoms with Crippen molar-refractivity contribution in [2.45, 2.75) is 19.9 Å². The monoisotopic (exact) mass is 356 g/mol. The van der Waals surface area contributed by atoms with Gasteiger partial charge in [-0.3, -0.25) is 4.79 Å². The van der Waals surface area contributed by atoms with Crippen LogP contribution in [-0.2, 0) is 0 Å². The first kappa shape index (κ1) is 19.5. The van der Waals surface area contributed by atoms with E-state index in [1.54, 1.807) is 0 Å². The number of aryl methyl sites for hydroxylation is 1. The van der Waals surface area contributed by atoms with E-state index in [9.17, 15) is 4.79 Å². The lowest BCUT2D eigenvalue weighted by Gasteiger charge is -2.33. The van der Waals surface area contributed by atoms with Gasteiger partial charge >= 0.3 is 0 Å². The molecule has 5 nitrogen and oxygen atoms in total. The van der Waals surface area contributed by atoms with Crippen molar-refractivity contribution in [2.24, 2.45) is 0 Å². The smallest absolute Gasteiger partial charge is 0.274 e. The maximum absolute atomic E-state index is 12.7. The number of benzene rings is 1. The topological polar surface area (TPSA) is 61.0 Å². The van der Waals surface area contributed by atoms with Gasteiger partial charge in [0.1, 0.15) is 11.5 Å². The van der Waals surface area contributed by atoms with Crippen molar-refractivity contribution in [3.63, 3.8) is 0 Å². The Hall–Kier alpha value is -1.56. The largest absolute Gasteiger partial charge is 0.341 e. The molecule has 0 bridgehead atoms. The molecular formula is C16H22Cl2N4O. The molecule has 1 saturated heterocycles. The molecule has 126 valence electrons. The van der Waals surface area contributed by atoms with Gasteiger partial charge in [-0.2, -0.15) is 0 Å². The van der Waals surface area contributed by atoms with E-state index >= 15 is 0 Å². The number of imidazole rings is 1. The summed E-state index contributed by atoms with van der Waals surface area (Å²) >= 11 is 0. The molecule has 1 atom stereocenters. The number of nitrogens with zero attached hydrogens (tertiary/aromatic N) is 2. The zero-order valence-electron chi connectivity index (χ0n) is 13.2. The quantitative estimate of drug-likeness (QED) is 0.869. The van der Waals surface area contributed by atoms with E-state index < -0.39 is 0 Å². The minimum Gasteiger partial charge on any atom is -0.341 e. The molecule has 0 saturated carbocycles. The molecule has 2 N–H and O–H groups in total. The standard InChI is InChI=1S/C16H20N4O.2ClH/c1-11-10-17-8-9-20(11)16(21)14-12(2)18-15(19-14)13-6-4-3-5-7-13;;/h3-7,11,17H,8-10H2,1-2H3,(H,18,19);2*1H/t11-;;/m1../s1. The molecule has 0 unspecified atom stereocenters. The second-order valence-corrected chi connectivity index (χ2v) is 5.48. The number of piperazine rings is 1. The zero-order valence-corrected chi connectivity index (χ0v) is 14.8. The molecule has 0 spiro atoms. The molecule has 1 amide bonds. The Morgan fingerprint density at radius 3 is 2.61 bits per heavy atom. The fraction of sp³-hybridized carbons (Fsp3) is 0.375. The minimum absolute atomic E-state index is 0. The summed E-state index contributed by atoms with van der Waals surface area (Å²) in [6.45, 7) is 6.36. The molecule has 1 fully saturated rings. The number of carbonyl (C=O) groups excluding carboxylic acids is 1. The Kier molecular flexibility index (Phi) is 7.06. The van der Waals surface area contributed by atoms with E-state index in [0.717, 1.165) is 36.7 Å². The van der Waals surface area contributed by atoms with Crippen LogP contribution >= 0.6 is 24.8 Å². The van der Waals surface area contributed by atoms with Gasteiger partial charge < -0.3 is 15.2 Å². The molecular weight excluding hydrogens is 335 g/mol. The van der Waals surface area contributed by atoms with Crippen molar-refractivity contribution < 1.29 is 4.79 Å². The Morgan fingerprint density at radius 2 is 1.96 bits per heavy atom. The van der Waals surface area contributed by atoms with E-state index in [0.29, 0.717) is 5.69 Å². The van der Waals surface area contributed by atoms with Gasteiger partial charge in [0.15, 0.2) is 0 Å². The molecule has 3 rings (SSSR count). The van der Waals surface area contributed by atoms with Crippen molar-refractivity contribution in [3.05, 3.63) is 41.7 Å². The number of amides is 1. The summed E-state index contributed by atoms with van der Waals surface area (Å²) in [5, 5.41) is 3.29. The van der Waals surface area contributed by atoms with Crippen molar-refractivity contribution >= 4 is 30.7 Å². The lowest BCUT2D eigenvalue weighted by atomic mass is 10.2. The third-order valence-corrected chi connectivity index (χ3v) is 3.90. The first-order chi connectivity index (χ1) is 10.2. The van der Waals surface area contributed by atoms with Crippen molar-refractivity contribution in [2.75, 3.05) is 19.6 Å². The van der Waals surface area contributed by atoms with Crippen LogP contribution < -0.4 is 5.32 Å². The molecule has 2 aromatic rings. The van der Waals surface area contributed by atoms with Gasteiger partial charge in [0, 0.05) is 36.9 Å². The molecule has 7 heteroatoms. The third-order valence-electron chi connectivity index (χ3n) is 3.90. The number of halogens is 2. The number of nitrogens with one attached hydrogen (secondary N) is 2. The van der Waals surface area contributed by atoms with Crippen molar-refractivity contribution in [3.8, 4) is 11.4 Å². The lowest BCUT2D eigenvalue weighted by Crippen LogP contribution is -2.52. The maximum Gasteiger partial charge on any atom is 0.274 e. The number of hydrogen-bond donors (Lipinski definition) is 2. The highest BCUT2D eigenvalue weighted by Gasteiger charge is 2.27. The van der Waals surface area contributed by atoms with Gasteiger partial charge in [0.25, 0.3) is 5.91 Å². The van der Waals surface area contributed by atoms with Crippen LogP contribution in [0.1, 0.15) is 23.1 Å². The average molecular weight is 357 g/mol. The summed E-state index contributed by atoms with van der Waals surface area (Å²) in [5.41, 5.74) is 2.35. The van der Waals surface area contributed by atoms with Crippen LogP contribution in [0.25, 0.3) is 11.4 Å². The van der Waals surface area contributed by atoms with Gasteiger partial charge in [0.2, 0.25) is 0 Å². The number of H-pyrrole nitrogens is 1. The van der Waals surface area contributed by atoms with Gasteiger partial charge in [-0.15, -0.1) is 24.8 Å². The SMILES string of the molecule is Cc1[nH]c(-c2ccccc2)nc1C(=O)N1CCNC[C@H]1C.Cl.Cl. The fourth-order valence-electron chi connectivity index (χ4n) is 2.68. The Bertz CT molecular complexity index is 645. The van der Waals surface area contributed by atoms with Gasteiger partial charge in [-0.1, -0.05) is 30.3 Å². The predicted molar refractivity (Wildman–Crippen MR) is 96.6 cm³/mol. The molecule has 1 aliphatic rings. The van der Waals surface area contributed by atoms with E-state index in [1.165, 1.54) is 0 Å².